The second kappa shape index (κ2) is 8.52. The van der Waals surface area contributed by atoms with Crippen LogP contribution in [-0.4, -0.2) is 30.4 Å². The van der Waals surface area contributed by atoms with E-state index in [1.54, 1.807) is 0 Å². The molecule has 0 atom stereocenters. The summed E-state index contributed by atoms with van der Waals surface area (Å²) < 4.78 is 7.83. The molecule has 160 valence electrons. The van der Waals surface area contributed by atoms with Gasteiger partial charge < -0.3 is 14.2 Å². The number of aromatic nitrogens is 1. The van der Waals surface area contributed by atoms with Crippen LogP contribution in [-0.2, 0) is 17.7 Å². The number of halogens is 1. The van der Waals surface area contributed by atoms with Crippen LogP contribution in [0, 0.1) is 0 Å². The Kier molecular flexibility index (Phi) is 5.59. The van der Waals surface area contributed by atoms with E-state index >= 15 is 0 Å². The quantitative estimate of drug-likeness (QED) is 0.551. The number of piperidine rings is 1. The lowest BCUT2D eigenvalue weighted by atomic mass is 9.93. The molecule has 5 heteroatoms. The van der Waals surface area contributed by atoms with E-state index in [2.05, 4.69) is 24.0 Å². The molecule has 0 unspecified atom stereocenters. The van der Waals surface area contributed by atoms with Crippen LogP contribution in [0.2, 0.25) is 5.02 Å². The van der Waals surface area contributed by atoms with E-state index in [-0.39, 0.29) is 5.56 Å². The van der Waals surface area contributed by atoms with Gasteiger partial charge in [-0.3, -0.25) is 4.79 Å². The number of hydrogen-bond acceptors (Lipinski definition) is 3. The first-order valence-electron chi connectivity index (χ1n) is 11.1. The summed E-state index contributed by atoms with van der Waals surface area (Å²) in [7, 11) is 0. The lowest BCUT2D eigenvalue weighted by molar-refractivity contribution is 0.0459. The number of pyridine rings is 1. The maximum atomic E-state index is 13.6. The van der Waals surface area contributed by atoms with Gasteiger partial charge in [0.25, 0.3) is 5.56 Å². The minimum absolute atomic E-state index is 0.0692. The molecule has 0 bridgehead atoms. The van der Waals surface area contributed by atoms with Gasteiger partial charge in [-0.1, -0.05) is 48.0 Å². The first-order chi connectivity index (χ1) is 15.2. The highest BCUT2D eigenvalue weighted by molar-refractivity contribution is 6.31. The van der Waals surface area contributed by atoms with Crippen LogP contribution >= 0.6 is 11.6 Å². The topological polar surface area (TPSA) is 34.5 Å². The van der Waals surface area contributed by atoms with Crippen molar-refractivity contribution in [2.45, 2.75) is 38.8 Å². The first-order valence-corrected chi connectivity index (χ1v) is 11.5. The fourth-order valence-electron chi connectivity index (χ4n) is 4.93. The van der Waals surface area contributed by atoms with Crippen LogP contribution in [0.25, 0.3) is 22.4 Å². The van der Waals surface area contributed by atoms with Gasteiger partial charge in [0.2, 0.25) is 0 Å². The second-order valence-electron chi connectivity index (χ2n) is 8.31. The SMILES string of the molecule is CCOC1CCN(c2cc(-c3ccccc3)c(=O)n3c2-c2cc(Cl)ccc2CC3)CC1. The number of fused-ring (bicyclic) bond motifs is 3. The van der Waals surface area contributed by atoms with Gasteiger partial charge in [-0.2, -0.15) is 0 Å². The number of hydrogen-bond donors (Lipinski definition) is 0. The Bertz CT molecular complexity index is 1150. The maximum Gasteiger partial charge on any atom is 0.259 e. The Morgan fingerprint density at radius 3 is 2.52 bits per heavy atom. The van der Waals surface area contributed by atoms with Gasteiger partial charge in [-0.05, 0) is 55.5 Å². The molecule has 31 heavy (non-hydrogen) atoms. The summed E-state index contributed by atoms with van der Waals surface area (Å²) in [5, 5.41) is 0.702. The molecule has 0 radical (unpaired) electrons. The molecule has 1 aromatic heterocycles. The summed E-state index contributed by atoms with van der Waals surface area (Å²) in [5.74, 6) is 0. The van der Waals surface area contributed by atoms with Crippen LogP contribution in [0.1, 0.15) is 25.3 Å². The summed E-state index contributed by atoms with van der Waals surface area (Å²) in [4.78, 5) is 16.0. The normalized spacial score (nSPS) is 16.1. The van der Waals surface area contributed by atoms with Crippen LogP contribution in [0.5, 0.6) is 0 Å². The minimum Gasteiger partial charge on any atom is -0.378 e. The highest BCUT2D eigenvalue weighted by atomic mass is 35.5. The highest BCUT2D eigenvalue weighted by Gasteiger charge is 2.28. The van der Waals surface area contributed by atoms with E-state index in [0.29, 0.717) is 17.7 Å². The molecule has 1 fully saturated rings. The van der Waals surface area contributed by atoms with Crippen LogP contribution in [0.15, 0.2) is 59.4 Å². The molecule has 2 aliphatic heterocycles. The summed E-state index contributed by atoms with van der Waals surface area (Å²) in [5.41, 5.74) is 6.25. The number of nitrogens with zero attached hydrogens (tertiary/aromatic N) is 2. The molecule has 2 aromatic carbocycles. The van der Waals surface area contributed by atoms with Crippen molar-refractivity contribution in [3.8, 4) is 22.4 Å². The summed E-state index contributed by atoms with van der Waals surface area (Å²) in [6.07, 6.45) is 3.15. The summed E-state index contributed by atoms with van der Waals surface area (Å²) in [6.45, 7) is 5.33. The first kappa shape index (κ1) is 20.3. The zero-order chi connectivity index (χ0) is 21.4. The molecule has 0 aliphatic carbocycles. The predicted molar refractivity (Wildman–Crippen MR) is 127 cm³/mol. The van der Waals surface area contributed by atoms with Crippen molar-refractivity contribution in [1.82, 2.24) is 4.57 Å². The smallest absolute Gasteiger partial charge is 0.259 e. The van der Waals surface area contributed by atoms with Gasteiger partial charge in [-0.25, -0.2) is 0 Å². The standard InChI is InChI=1S/C26H27ClN2O2/c1-2-31-21-11-13-28(14-12-21)24-17-23(18-6-4-3-5-7-18)26(30)29-15-10-19-8-9-20(27)16-22(19)25(24)29/h3-9,16-17,21H,2,10-15H2,1H3. The fraction of sp³-hybridized carbons (Fsp3) is 0.346. The Hall–Kier alpha value is -2.56. The molecular weight excluding hydrogens is 408 g/mol. The Morgan fingerprint density at radius 1 is 1.00 bits per heavy atom. The van der Waals surface area contributed by atoms with E-state index in [1.807, 2.05) is 47.0 Å². The number of rotatable bonds is 4. The van der Waals surface area contributed by atoms with E-state index in [4.69, 9.17) is 16.3 Å². The van der Waals surface area contributed by atoms with Crippen molar-refractivity contribution in [3.05, 3.63) is 75.5 Å². The van der Waals surface area contributed by atoms with E-state index < -0.39 is 0 Å². The number of ether oxygens (including phenoxy) is 1. The third-order valence-corrected chi connectivity index (χ3v) is 6.71. The van der Waals surface area contributed by atoms with Gasteiger partial charge in [-0.15, -0.1) is 0 Å². The lowest BCUT2D eigenvalue weighted by Crippen LogP contribution is -2.39. The fourth-order valence-corrected chi connectivity index (χ4v) is 5.10. The van der Waals surface area contributed by atoms with Crippen molar-refractivity contribution in [3.63, 3.8) is 0 Å². The van der Waals surface area contributed by atoms with Crippen molar-refractivity contribution >= 4 is 17.3 Å². The van der Waals surface area contributed by atoms with Crippen molar-refractivity contribution in [2.24, 2.45) is 0 Å². The maximum absolute atomic E-state index is 13.6. The molecule has 5 rings (SSSR count). The highest BCUT2D eigenvalue weighted by Crippen LogP contribution is 2.39. The summed E-state index contributed by atoms with van der Waals surface area (Å²) >= 11 is 6.38. The van der Waals surface area contributed by atoms with E-state index in [0.717, 1.165) is 67.0 Å². The van der Waals surface area contributed by atoms with Crippen LogP contribution in [0.4, 0.5) is 5.69 Å². The number of anilines is 1. The average Bonchev–Trinajstić information content (AvgIpc) is 2.80. The predicted octanol–water partition coefficient (Wildman–Crippen LogP) is 5.40. The van der Waals surface area contributed by atoms with Crippen LogP contribution in [0.3, 0.4) is 0 Å². The molecule has 3 aromatic rings. The molecular formula is C26H27ClN2O2. The monoisotopic (exact) mass is 434 g/mol. The van der Waals surface area contributed by atoms with Gasteiger partial charge in [0.1, 0.15) is 0 Å². The number of benzene rings is 2. The largest absolute Gasteiger partial charge is 0.378 e. The van der Waals surface area contributed by atoms with Gasteiger partial charge in [0.05, 0.1) is 17.5 Å². The van der Waals surface area contributed by atoms with E-state index in [1.165, 1.54) is 5.56 Å². The van der Waals surface area contributed by atoms with E-state index in [9.17, 15) is 4.79 Å². The summed E-state index contributed by atoms with van der Waals surface area (Å²) in [6, 6.07) is 18.1. The van der Waals surface area contributed by atoms with Crippen LogP contribution < -0.4 is 10.5 Å². The van der Waals surface area contributed by atoms with Gasteiger partial charge >= 0.3 is 0 Å². The zero-order valence-electron chi connectivity index (χ0n) is 17.8. The minimum atomic E-state index is 0.0692. The second-order valence-corrected chi connectivity index (χ2v) is 8.74. The molecule has 4 nitrogen and oxygen atoms in total. The lowest BCUT2D eigenvalue weighted by Gasteiger charge is -2.36. The van der Waals surface area contributed by atoms with Gasteiger partial charge in [0.15, 0.2) is 0 Å². The molecule has 0 amide bonds. The third kappa shape index (κ3) is 3.79. The third-order valence-electron chi connectivity index (χ3n) is 6.47. The Balaban J connectivity index is 1.68. The van der Waals surface area contributed by atoms with Crippen molar-refractivity contribution in [1.29, 1.82) is 0 Å². The Labute approximate surface area is 188 Å². The Morgan fingerprint density at radius 2 is 1.77 bits per heavy atom. The van der Waals surface area contributed by atoms with Gasteiger partial charge in [0, 0.05) is 42.4 Å². The molecule has 0 spiro atoms. The molecule has 3 heterocycles. The average molecular weight is 435 g/mol. The molecule has 0 saturated carbocycles. The molecule has 2 aliphatic rings. The molecule has 0 N–H and O–H groups in total. The number of aryl methyl sites for hydroxylation is 1. The molecule has 1 saturated heterocycles. The van der Waals surface area contributed by atoms with Crippen molar-refractivity contribution < 1.29 is 4.74 Å². The van der Waals surface area contributed by atoms with Crippen molar-refractivity contribution in [2.75, 3.05) is 24.6 Å². The zero-order valence-corrected chi connectivity index (χ0v) is 18.6.